The fourth-order valence-corrected chi connectivity index (χ4v) is 3.42. The van der Waals surface area contributed by atoms with Crippen molar-refractivity contribution in [2.24, 2.45) is 0 Å². The van der Waals surface area contributed by atoms with E-state index < -0.39 is 15.9 Å². The van der Waals surface area contributed by atoms with Crippen LogP contribution in [0.4, 0.5) is 5.69 Å². The fraction of sp³-hybridized carbons (Fsp3) is 0.267. The molecule has 0 aliphatic carbocycles. The summed E-state index contributed by atoms with van der Waals surface area (Å²) < 4.78 is 27.2. The fourth-order valence-electron chi connectivity index (χ4n) is 2.22. The first-order chi connectivity index (χ1) is 10.4. The van der Waals surface area contributed by atoms with E-state index in [1.165, 1.54) is 13.1 Å². The van der Waals surface area contributed by atoms with E-state index in [2.05, 4.69) is 10.0 Å². The minimum Gasteiger partial charge on any atom is -0.377 e. The van der Waals surface area contributed by atoms with Gasteiger partial charge in [0.1, 0.15) is 0 Å². The van der Waals surface area contributed by atoms with Gasteiger partial charge in [0, 0.05) is 37.6 Å². The van der Waals surface area contributed by atoms with Crippen molar-refractivity contribution in [2.45, 2.75) is 4.90 Å². The minimum atomic E-state index is -3.76. The zero-order valence-electron chi connectivity index (χ0n) is 12.8. The molecule has 6 nitrogen and oxygen atoms in total. The largest absolute Gasteiger partial charge is 0.377 e. The van der Waals surface area contributed by atoms with Crippen LogP contribution >= 0.6 is 0 Å². The molecule has 0 aliphatic rings. The van der Waals surface area contributed by atoms with Crippen molar-refractivity contribution in [2.75, 3.05) is 32.6 Å². The number of carbonyl (C=O) groups excluding carboxylic acids is 1. The Balaban J connectivity index is 2.52. The lowest BCUT2D eigenvalue weighted by Gasteiger charge is -2.17. The van der Waals surface area contributed by atoms with E-state index in [0.29, 0.717) is 5.39 Å². The van der Waals surface area contributed by atoms with Gasteiger partial charge in [-0.15, -0.1) is 0 Å². The van der Waals surface area contributed by atoms with Gasteiger partial charge in [0.25, 0.3) is 0 Å². The number of benzene rings is 2. The molecule has 0 aliphatic heterocycles. The molecule has 1 amide bonds. The van der Waals surface area contributed by atoms with Crippen molar-refractivity contribution in [3.63, 3.8) is 0 Å². The number of rotatable bonds is 5. The Bertz CT molecular complexity index is 801. The zero-order valence-corrected chi connectivity index (χ0v) is 13.6. The predicted octanol–water partition coefficient (Wildman–Crippen LogP) is 0.930. The van der Waals surface area contributed by atoms with Gasteiger partial charge >= 0.3 is 0 Å². The molecule has 2 rings (SSSR count). The summed E-state index contributed by atoms with van der Waals surface area (Å²) in [5.74, 6) is -0.391. The lowest BCUT2D eigenvalue weighted by Crippen LogP contribution is -2.35. The lowest BCUT2D eigenvalue weighted by molar-refractivity contribution is -0.119. The Labute approximate surface area is 130 Å². The minimum absolute atomic E-state index is 0.164. The molecular weight excluding hydrogens is 302 g/mol. The average Bonchev–Trinajstić information content (AvgIpc) is 2.51. The normalized spacial score (nSPS) is 11.4. The zero-order chi connectivity index (χ0) is 16.3. The third-order valence-corrected chi connectivity index (χ3v) is 4.79. The summed E-state index contributed by atoms with van der Waals surface area (Å²) >= 11 is 0. The summed E-state index contributed by atoms with van der Waals surface area (Å²) in [7, 11) is 1.50. The number of hydrogen-bond donors (Lipinski definition) is 2. The molecule has 0 heterocycles. The lowest BCUT2D eigenvalue weighted by atomic mass is 10.1. The number of hydrogen-bond acceptors (Lipinski definition) is 4. The SMILES string of the molecule is CNC(=O)CNS(=O)(=O)c1cccc2c(N(C)C)cccc12. The van der Waals surface area contributed by atoms with E-state index >= 15 is 0 Å². The first kappa shape index (κ1) is 16.3. The molecule has 2 aromatic carbocycles. The smallest absolute Gasteiger partial charge is 0.241 e. The van der Waals surface area contributed by atoms with Gasteiger partial charge in [-0.25, -0.2) is 13.1 Å². The van der Waals surface area contributed by atoms with Crippen molar-refractivity contribution < 1.29 is 13.2 Å². The Kier molecular flexibility index (Phi) is 4.68. The summed E-state index contributed by atoms with van der Waals surface area (Å²) in [5.41, 5.74) is 0.931. The maximum absolute atomic E-state index is 12.4. The molecule has 0 atom stereocenters. The molecule has 7 heteroatoms. The van der Waals surface area contributed by atoms with E-state index in [0.717, 1.165) is 11.1 Å². The number of fused-ring (bicyclic) bond motifs is 1. The Hall–Kier alpha value is -2.12. The van der Waals surface area contributed by atoms with Gasteiger partial charge < -0.3 is 10.2 Å². The van der Waals surface area contributed by atoms with Crippen LogP contribution in [0.5, 0.6) is 0 Å². The molecule has 2 aromatic rings. The highest BCUT2D eigenvalue weighted by Crippen LogP contribution is 2.29. The second-order valence-electron chi connectivity index (χ2n) is 5.02. The molecule has 22 heavy (non-hydrogen) atoms. The van der Waals surface area contributed by atoms with Gasteiger partial charge in [-0.1, -0.05) is 24.3 Å². The third-order valence-electron chi connectivity index (χ3n) is 3.33. The Morgan fingerprint density at radius 3 is 2.36 bits per heavy atom. The second-order valence-corrected chi connectivity index (χ2v) is 6.76. The highest BCUT2D eigenvalue weighted by atomic mass is 32.2. The van der Waals surface area contributed by atoms with Gasteiger partial charge in [-0.2, -0.15) is 0 Å². The standard InChI is InChI=1S/C15H19N3O3S/c1-16-15(19)10-17-22(20,21)14-9-5-6-11-12(14)7-4-8-13(11)18(2)3/h4-9,17H,10H2,1-3H3,(H,16,19). The summed E-state index contributed by atoms with van der Waals surface area (Å²) in [5, 5.41) is 3.84. The van der Waals surface area contributed by atoms with Crippen LogP contribution in [0, 0.1) is 0 Å². The Morgan fingerprint density at radius 2 is 1.73 bits per heavy atom. The topological polar surface area (TPSA) is 78.5 Å². The molecule has 2 N–H and O–H groups in total. The highest BCUT2D eigenvalue weighted by Gasteiger charge is 2.19. The van der Waals surface area contributed by atoms with Crippen LogP contribution in [0.3, 0.4) is 0 Å². The number of anilines is 1. The first-order valence-corrected chi connectivity index (χ1v) is 8.24. The molecule has 0 saturated carbocycles. The Morgan fingerprint density at radius 1 is 1.09 bits per heavy atom. The molecule has 0 bridgehead atoms. The second kappa shape index (κ2) is 6.33. The number of carbonyl (C=O) groups is 1. The number of sulfonamides is 1. The van der Waals surface area contributed by atoms with Crippen LogP contribution in [-0.4, -0.2) is 42.0 Å². The summed E-state index contributed by atoms with van der Waals surface area (Å²) in [6, 6.07) is 10.6. The highest BCUT2D eigenvalue weighted by molar-refractivity contribution is 7.89. The number of nitrogens with zero attached hydrogens (tertiary/aromatic N) is 1. The monoisotopic (exact) mass is 321 g/mol. The van der Waals surface area contributed by atoms with Crippen molar-refractivity contribution in [3.05, 3.63) is 36.4 Å². The van der Waals surface area contributed by atoms with Crippen LogP contribution in [-0.2, 0) is 14.8 Å². The molecule has 118 valence electrons. The first-order valence-electron chi connectivity index (χ1n) is 6.76. The van der Waals surface area contributed by atoms with Gasteiger partial charge in [0.2, 0.25) is 15.9 Å². The van der Waals surface area contributed by atoms with E-state index in [4.69, 9.17) is 0 Å². The molecule has 0 radical (unpaired) electrons. The quantitative estimate of drug-likeness (QED) is 0.859. The van der Waals surface area contributed by atoms with Crippen molar-refractivity contribution in [1.82, 2.24) is 10.0 Å². The van der Waals surface area contributed by atoms with Crippen LogP contribution in [0.15, 0.2) is 41.3 Å². The molecule has 0 fully saturated rings. The van der Waals surface area contributed by atoms with Gasteiger partial charge in [0.05, 0.1) is 11.4 Å². The predicted molar refractivity (Wildman–Crippen MR) is 87.5 cm³/mol. The molecule has 0 spiro atoms. The van der Waals surface area contributed by atoms with Crippen molar-refractivity contribution in [1.29, 1.82) is 0 Å². The van der Waals surface area contributed by atoms with Crippen molar-refractivity contribution >= 4 is 32.4 Å². The molecular formula is C15H19N3O3S. The van der Waals surface area contributed by atoms with Gasteiger partial charge in [0.15, 0.2) is 0 Å². The molecule has 0 aromatic heterocycles. The van der Waals surface area contributed by atoms with E-state index in [1.54, 1.807) is 12.1 Å². The van der Waals surface area contributed by atoms with Gasteiger partial charge in [-0.05, 0) is 12.1 Å². The van der Waals surface area contributed by atoms with E-state index in [9.17, 15) is 13.2 Å². The molecule has 0 unspecified atom stereocenters. The van der Waals surface area contributed by atoms with Crippen LogP contribution in [0.1, 0.15) is 0 Å². The summed E-state index contributed by atoms with van der Waals surface area (Å²) in [6.45, 7) is -0.289. The van der Waals surface area contributed by atoms with Crippen LogP contribution < -0.4 is 14.9 Å². The van der Waals surface area contributed by atoms with Crippen LogP contribution in [0.2, 0.25) is 0 Å². The van der Waals surface area contributed by atoms with Gasteiger partial charge in [-0.3, -0.25) is 4.79 Å². The number of likely N-dealkylation sites (N-methyl/N-ethyl adjacent to an activating group) is 1. The van der Waals surface area contributed by atoms with E-state index in [1.807, 2.05) is 37.2 Å². The maximum Gasteiger partial charge on any atom is 0.241 e. The van der Waals surface area contributed by atoms with E-state index in [-0.39, 0.29) is 11.4 Å². The molecule has 0 saturated heterocycles. The number of amides is 1. The number of nitrogens with one attached hydrogen (secondary N) is 2. The van der Waals surface area contributed by atoms with Crippen LogP contribution in [0.25, 0.3) is 10.8 Å². The summed E-state index contributed by atoms with van der Waals surface area (Å²) in [6.07, 6.45) is 0. The maximum atomic E-state index is 12.4. The summed E-state index contributed by atoms with van der Waals surface area (Å²) in [4.78, 5) is 13.3. The van der Waals surface area contributed by atoms with Crippen molar-refractivity contribution in [3.8, 4) is 0 Å². The average molecular weight is 321 g/mol. The third kappa shape index (κ3) is 3.20.